The Morgan fingerprint density at radius 1 is 1.35 bits per heavy atom. The third kappa shape index (κ3) is 2.84. The molecule has 2 unspecified atom stereocenters. The Morgan fingerprint density at radius 3 is 2.92 bits per heavy atom. The molecule has 0 saturated heterocycles. The lowest BCUT2D eigenvalue weighted by Crippen LogP contribution is -2.15. The summed E-state index contributed by atoms with van der Waals surface area (Å²) in [5.41, 5.74) is 9.95. The van der Waals surface area contributed by atoms with Crippen LogP contribution in [0.1, 0.15) is 12.0 Å². The summed E-state index contributed by atoms with van der Waals surface area (Å²) in [6.07, 6.45) is 5.85. The first-order valence-corrected chi connectivity index (χ1v) is 8.37. The van der Waals surface area contributed by atoms with Crippen molar-refractivity contribution >= 4 is 28.2 Å². The molecule has 0 bridgehead atoms. The highest BCUT2D eigenvalue weighted by Crippen LogP contribution is 2.38. The number of aryl methyl sites for hydroxylation is 1. The quantitative estimate of drug-likeness (QED) is 0.710. The van der Waals surface area contributed by atoms with Crippen molar-refractivity contribution < 1.29 is 4.79 Å². The van der Waals surface area contributed by atoms with Gasteiger partial charge in [-0.25, -0.2) is 4.98 Å². The highest BCUT2D eigenvalue weighted by molar-refractivity contribution is 6.00. The number of carbonyl (C=O) groups is 1. The van der Waals surface area contributed by atoms with Crippen LogP contribution in [0, 0.1) is 30.1 Å². The molecular formula is C20H17N5O. The van der Waals surface area contributed by atoms with E-state index in [9.17, 15) is 4.79 Å². The van der Waals surface area contributed by atoms with Gasteiger partial charge in [0.05, 0.1) is 17.9 Å². The van der Waals surface area contributed by atoms with E-state index in [1.807, 2.05) is 37.4 Å². The highest BCUT2D eigenvalue weighted by Gasteiger charge is 2.43. The molecule has 128 valence electrons. The second-order valence-electron chi connectivity index (χ2n) is 6.61. The summed E-state index contributed by atoms with van der Waals surface area (Å²) < 4.78 is 0. The first-order valence-electron chi connectivity index (χ1n) is 8.37. The Hall–Kier alpha value is -3.46. The van der Waals surface area contributed by atoms with E-state index >= 15 is 0 Å². The van der Waals surface area contributed by atoms with Crippen molar-refractivity contribution in [2.75, 3.05) is 11.1 Å². The number of nitrogens with two attached hydrogens (primary N) is 1. The van der Waals surface area contributed by atoms with Gasteiger partial charge in [-0.15, -0.1) is 0 Å². The topological polar surface area (TPSA) is 105 Å². The fourth-order valence-electron chi connectivity index (χ4n) is 3.15. The molecule has 1 amide bonds. The third-order valence-corrected chi connectivity index (χ3v) is 4.74. The number of carbonyl (C=O) groups excluding carboxylic acids is 1. The molecule has 6 heteroatoms. The number of rotatable bonds is 3. The number of benzene rings is 1. The van der Waals surface area contributed by atoms with Crippen LogP contribution in [-0.2, 0) is 4.79 Å². The van der Waals surface area contributed by atoms with Crippen LogP contribution < -0.4 is 11.1 Å². The zero-order valence-corrected chi connectivity index (χ0v) is 14.2. The summed E-state index contributed by atoms with van der Waals surface area (Å²) in [5.74, 6) is -0.0904. The van der Waals surface area contributed by atoms with Crippen molar-refractivity contribution in [2.24, 2.45) is 11.8 Å². The minimum absolute atomic E-state index is 0.155. The maximum atomic E-state index is 12.1. The normalized spacial score (nSPS) is 18.3. The summed E-state index contributed by atoms with van der Waals surface area (Å²) >= 11 is 0. The Morgan fingerprint density at radius 2 is 2.19 bits per heavy atom. The Labute approximate surface area is 150 Å². The van der Waals surface area contributed by atoms with Gasteiger partial charge in [0.1, 0.15) is 5.82 Å². The summed E-state index contributed by atoms with van der Waals surface area (Å²) in [7, 11) is 0. The lowest BCUT2D eigenvalue weighted by molar-refractivity contribution is -0.117. The maximum Gasteiger partial charge on any atom is 0.230 e. The average molecular weight is 343 g/mol. The number of anilines is 2. The number of pyridine rings is 2. The van der Waals surface area contributed by atoms with Crippen LogP contribution in [0.5, 0.6) is 0 Å². The highest BCUT2D eigenvalue weighted by atomic mass is 16.2. The summed E-state index contributed by atoms with van der Waals surface area (Å²) in [5, 5.41) is 13.4. The van der Waals surface area contributed by atoms with E-state index in [1.54, 1.807) is 12.4 Å². The van der Waals surface area contributed by atoms with E-state index in [1.165, 1.54) is 0 Å². The van der Waals surface area contributed by atoms with Gasteiger partial charge in [0, 0.05) is 29.7 Å². The van der Waals surface area contributed by atoms with Crippen molar-refractivity contribution in [3.63, 3.8) is 0 Å². The van der Waals surface area contributed by atoms with Crippen molar-refractivity contribution in [1.82, 2.24) is 9.97 Å². The van der Waals surface area contributed by atoms with E-state index in [-0.39, 0.29) is 17.7 Å². The number of amides is 1. The van der Waals surface area contributed by atoms with Crippen LogP contribution in [0.2, 0.25) is 0 Å². The fraction of sp³-hybridized carbons (Fsp3) is 0.200. The number of hydrogen-bond donors (Lipinski definition) is 2. The monoisotopic (exact) mass is 343 g/mol. The van der Waals surface area contributed by atoms with Crippen LogP contribution >= 0.6 is 0 Å². The second kappa shape index (κ2) is 6.12. The molecule has 4 rings (SSSR count). The Balaban J connectivity index is 1.70. The Bertz CT molecular complexity index is 1070. The first kappa shape index (κ1) is 16.0. The third-order valence-electron chi connectivity index (χ3n) is 4.74. The van der Waals surface area contributed by atoms with Crippen LogP contribution in [0.4, 0.5) is 11.5 Å². The van der Waals surface area contributed by atoms with Crippen molar-refractivity contribution in [1.29, 1.82) is 5.26 Å². The van der Waals surface area contributed by atoms with Crippen LogP contribution in [0.25, 0.3) is 21.9 Å². The number of nitriles is 1. The number of nitrogen functional groups attached to an aromatic ring is 1. The lowest BCUT2D eigenvalue weighted by atomic mass is 9.99. The van der Waals surface area contributed by atoms with Crippen LogP contribution in [0.15, 0.2) is 42.9 Å². The summed E-state index contributed by atoms with van der Waals surface area (Å²) in [6, 6.07) is 9.84. The Kier molecular flexibility index (Phi) is 3.77. The maximum absolute atomic E-state index is 12.1. The van der Waals surface area contributed by atoms with Gasteiger partial charge in [-0.3, -0.25) is 9.78 Å². The van der Waals surface area contributed by atoms with Crippen LogP contribution in [0.3, 0.4) is 0 Å². The molecule has 0 radical (unpaired) electrons. The van der Waals surface area contributed by atoms with E-state index in [0.29, 0.717) is 17.9 Å². The van der Waals surface area contributed by atoms with Crippen molar-refractivity contribution in [3.8, 4) is 17.2 Å². The molecule has 2 aromatic heterocycles. The smallest absolute Gasteiger partial charge is 0.230 e. The number of aromatic nitrogens is 2. The molecule has 1 fully saturated rings. The molecule has 3 aromatic rings. The van der Waals surface area contributed by atoms with Gasteiger partial charge >= 0.3 is 0 Å². The molecule has 2 heterocycles. The first-order chi connectivity index (χ1) is 12.6. The van der Waals surface area contributed by atoms with Gasteiger partial charge in [0.25, 0.3) is 0 Å². The molecule has 1 aliphatic carbocycles. The fourth-order valence-corrected chi connectivity index (χ4v) is 3.15. The van der Waals surface area contributed by atoms with E-state index in [0.717, 1.165) is 27.5 Å². The predicted molar refractivity (Wildman–Crippen MR) is 100.0 cm³/mol. The molecule has 0 aliphatic heterocycles. The molecule has 3 N–H and O–H groups in total. The molecule has 26 heavy (non-hydrogen) atoms. The van der Waals surface area contributed by atoms with Gasteiger partial charge in [0.15, 0.2) is 0 Å². The molecule has 1 aromatic carbocycles. The molecule has 1 saturated carbocycles. The number of hydrogen-bond acceptors (Lipinski definition) is 5. The van der Waals surface area contributed by atoms with Crippen molar-refractivity contribution in [2.45, 2.75) is 13.3 Å². The SMILES string of the molecule is Cc1cnccc1-c1cc(N)c2cnc(NC(=O)C3CC3C#N)cc2c1. The average Bonchev–Trinajstić information content (AvgIpc) is 3.42. The summed E-state index contributed by atoms with van der Waals surface area (Å²) in [6.45, 7) is 2.00. The van der Waals surface area contributed by atoms with Crippen LogP contribution in [-0.4, -0.2) is 15.9 Å². The summed E-state index contributed by atoms with van der Waals surface area (Å²) in [4.78, 5) is 20.6. The standard InChI is InChI=1S/C20H17N5O/c1-11-9-23-3-2-15(11)12-4-13-7-19(24-10-17(13)18(22)6-12)25-20(26)16-5-14(16)8-21/h2-4,6-7,9-10,14,16H,5,22H2,1H3,(H,24,25,26). The minimum Gasteiger partial charge on any atom is -0.398 e. The number of nitrogens with zero attached hydrogens (tertiary/aromatic N) is 3. The van der Waals surface area contributed by atoms with Gasteiger partial charge in [-0.1, -0.05) is 0 Å². The predicted octanol–water partition coefficient (Wildman–Crippen LogP) is 3.29. The minimum atomic E-state index is -0.228. The molecule has 2 atom stereocenters. The van der Waals surface area contributed by atoms with E-state index in [4.69, 9.17) is 11.0 Å². The lowest BCUT2D eigenvalue weighted by Gasteiger charge is -2.11. The van der Waals surface area contributed by atoms with E-state index < -0.39 is 0 Å². The largest absolute Gasteiger partial charge is 0.398 e. The van der Waals surface area contributed by atoms with Gasteiger partial charge in [-0.2, -0.15) is 5.26 Å². The number of fused-ring (bicyclic) bond motifs is 1. The zero-order valence-electron chi connectivity index (χ0n) is 14.2. The molecule has 0 spiro atoms. The van der Waals surface area contributed by atoms with Gasteiger partial charge in [0.2, 0.25) is 5.91 Å². The number of nitrogens with one attached hydrogen (secondary N) is 1. The zero-order chi connectivity index (χ0) is 18.3. The molecule has 1 aliphatic rings. The second-order valence-corrected chi connectivity index (χ2v) is 6.61. The molecule has 6 nitrogen and oxygen atoms in total. The van der Waals surface area contributed by atoms with Gasteiger partial charge in [-0.05, 0) is 59.7 Å². The molecular weight excluding hydrogens is 326 g/mol. The van der Waals surface area contributed by atoms with Crippen molar-refractivity contribution in [3.05, 3.63) is 48.4 Å². The van der Waals surface area contributed by atoms with E-state index in [2.05, 4.69) is 21.4 Å². The van der Waals surface area contributed by atoms with Gasteiger partial charge < -0.3 is 11.1 Å².